The number of ether oxygens (including phenoxy) is 1. The predicted molar refractivity (Wildman–Crippen MR) is 335 cm³/mol. The molecule has 0 saturated carbocycles. The zero-order valence-corrected chi connectivity index (χ0v) is 50.2. The van der Waals surface area contributed by atoms with Gasteiger partial charge in [-0.15, -0.1) is 23.8 Å². The first-order valence-corrected chi connectivity index (χ1v) is 28.6. The molecule has 410 valence electrons. The van der Waals surface area contributed by atoms with Crippen molar-refractivity contribution < 1.29 is 34.6 Å². The molecular formula is C74H61N5O3Pt. The van der Waals surface area contributed by atoms with Crippen LogP contribution >= 0.6 is 0 Å². The number of hydrogen-bond donors (Lipinski definition) is 0. The van der Waals surface area contributed by atoms with E-state index in [4.69, 9.17) is 28.5 Å². The number of furan rings is 2. The summed E-state index contributed by atoms with van der Waals surface area (Å²) in [5, 5.41) is 2.57. The molecule has 0 N–H and O–H groups in total. The molecule has 0 spiro atoms. The number of aromatic nitrogens is 5. The predicted octanol–water partition coefficient (Wildman–Crippen LogP) is 20.4. The summed E-state index contributed by atoms with van der Waals surface area (Å²) in [7, 11) is 0. The smallest absolute Gasteiger partial charge is 0.501 e. The normalized spacial score (nSPS) is 12.0. The van der Waals surface area contributed by atoms with Crippen molar-refractivity contribution in [1.29, 1.82) is 0 Å². The van der Waals surface area contributed by atoms with Crippen molar-refractivity contribution >= 4 is 66.1 Å². The van der Waals surface area contributed by atoms with Gasteiger partial charge in [-0.1, -0.05) is 169 Å². The van der Waals surface area contributed by atoms with Crippen LogP contribution in [0.1, 0.15) is 107 Å². The fourth-order valence-electron chi connectivity index (χ4n) is 12.2. The van der Waals surface area contributed by atoms with Gasteiger partial charge in [0.1, 0.15) is 16.7 Å². The largest absolute Gasteiger partial charge is 2.00 e. The van der Waals surface area contributed by atoms with Crippen LogP contribution in [0.5, 0.6) is 11.5 Å². The van der Waals surface area contributed by atoms with E-state index >= 15 is 0 Å². The maximum absolute atomic E-state index is 7.18. The molecule has 0 aliphatic carbocycles. The van der Waals surface area contributed by atoms with Gasteiger partial charge in [0, 0.05) is 34.0 Å². The van der Waals surface area contributed by atoms with Crippen LogP contribution in [0, 0.1) is 19.1 Å². The minimum atomic E-state index is 0. The average molecular weight is 1260 g/mol. The molecule has 5 heterocycles. The van der Waals surface area contributed by atoms with E-state index in [9.17, 15) is 0 Å². The summed E-state index contributed by atoms with van der Waals surface area (Å²) in [6.45, 7) is 20.2. The summed E-state index contributed by atoms with van der Waals surface area (Å²) in [5.41, 5.74) is 21.5. The van der Waals surface area contributed by atoms with Crippen LogP contribution in [-0.4, -0.2) is 24.1 Å². The van der Waals surface area contributed by atoms with Crippen molar-refractivity contribution in [2.75, 3.05) is 0 Å². The van der Waals surface area contributed by atoms with Gasteiger partial charge in [-0.25, -0.2) is 4.98 Å². The summed E-state index contributed by atoms with van der Waals surface area (Å²) in [4.78, 5) is 16.0. The van der Waals surface area contributed by atoms with Crippen molar-refractivity contribution in [3.63, 3.8) is 0 Å². The number of imidazole rings is 2. The Morgan fingerprint density at radius 3 is 1.48 bits per heavy atom. The molecule has 0 aliphatic heterocycles. The molecule has 9 heteroatoms. The number of hydrogen-bond acceptors (Lipinski definition) is 6. The number of rotatable bonds is 12. The number of fused-ring (bicyclic) bond motifs is 9. The Balaban J connectivity index is 0.00000645. The van der Waals surface area contributed by atoms with Crippen molar-refractivity contribution in [3.8, 4) is 67.9 Å². The number of pyridine rings is 1. The van der Waals surface area contributed by atoms with E-state index in [1.165, 1.54) is 44.5 Å². The fourth-order valence-corrected chi connectivity index (χ4v) is 12.2. The van der Waals surface area contributed by atoms with Crippen LogP contribution in [0.3, 0.4) is 0 Å². The van der Waals surface area contributed by atoms with Crippen LogP contribution in [0.15, 0.2) is 191 Å². The third-order valence-electron chi connectivity index (χ3n) is 16.1. The zero-order chi connectivity index (χ0) is 56.1. The van der Waals surface area contributed by atoms with Crippen molar-refractivity contribution in [3.05, 3.63) is 222 Å². The van der Waals surface area contributed by atoms with Crippen molar-refractivity contribution in [1.82, 2.24) is 24.1 Å². The third-order valence-corrected chi connectivity index (χ3v) is 16.1. The Kier molecular flexibility index (Phi) is 13.6. The van der Waals surface area contributed by atoms with Gasteiger partial charge in [0.15, 0.2) is 5.58 Å². The Bertz CT molecular complexity index is 4750. The van der Waals surface area contributed by atoms with E-state index < -0.39 is 0 Å². The Hall–Kier alpha value is -8.84. The van der Waals surface area contributed by atoms with Gasteiger partial charge in [0.25, 0.3) is 0 Å². The minimum absolute atomic E-state index is 0. The van der Waals surface area contributed by atoms with Gasteiger partial charge in [-0.05, 0) is 148 Å². The molecule has 0 fully saturated rings. The topological polar surface area (TPSA) is 84.0 Å². The van der Waals surface area contributed by atoms with Crippen LogP contribution in [0.25, 0.3) is 122 Å². The molecule has 5 aromatic heterocycles. The van der Waals surface area contributed by atoms with Crippen LogP contribution in [0.2, 0.25) is 0 Å². The molecule has 0 saturated heterocycles. The number of para-hydroxylation sites is 4. The first-order valence-electron chi connectivity index (χ1n) is 28.6. The molecule has 83 heavy (non-hydrogen) atoms. The van der Waals surface area contributed by atoms with Gasteiger partial charge >= 0.3 is 21.1 Å². The van der Waals surface area contributed by atoms with E-state index in [1.807, 2.05) is 49.4 Å². The van der Waals surface area contributed by atoms with Gasteiger partial charge in [-0.3, -0.25) is 9.97 Å². The third kappa shape index (κ3) is 9.15. The molecule has 9 aromatic carbocycles. The van der Waals surface area contributed by atoms with E-state index in [-0.39, 0.29) is 44.7 Å². The zero-order valence-electron chi connectivity index (χ0n) is 47.9. The minimum Gasteiger partial charge on any atom is -0.501 e. The van der Waals surface area contributed by atoms with Crippen LogP contribution < -0.4 is 4.74 Å². The maximum Gasteiger partial charge on any atom is 2.00 e. The quantitative estimate of drug-likeness (QED) is 0.113. The molecule has 0 bridgehead atoms. The van der Waals surface area contributed by atoms with Gasteiger partial charge in [0.05, 0.1) is 44.7 Å². The fraction of sp³-hybridized carbons (Fsp3) is 0.176. The van der Waals surface area contributed by atoms with Crippen LogP contribution in [-0.2, 0) is 21.1 Å². The summed E-state index contributed by atoms with van der Waals surface area (Å²) in [6.07, 6.45) is 0. The molecule has 0 amide bonds. The van der Waals surface area contributed by atoms with Crippen molar-refractivity contribution in [2.24, 2.45) is 0 Å². The molecular weight excluding hydrogens is 1200 g/mol. The van der Waals surface area contributed by atoms with Gasteiger partial charge in [0.2, 0.25) is 0 Å². The van der Waals surface area contributed by atoms with Crippen LogP contribution in [0.4, 0.5) is 0 Å². The standard InChI is InChI=1S/C74H61N5O3.Pt/c1-42(2)54-36-50(47-21-12-10-13-22-47)37-55(43(3)4)70(54)78-62-29-18-16-27-60(62)76-73(78)49-25-20-26-52(35-49)80-53-40-58-67-64(33-34-65-68(67)69-66(81-65)32-31-46(9)75-69)82-72(58)59(41-53)74-77-61-28-17-19-30-63(61)79(74)71-56(44(5)6)38-51(39-57(71)45(7)8)48-23-14-11-15-24-48;/h10-34,36-40,42-45H,1-9H3;/q-2;+2. The first kappa shape index (κ1) is 53.5. The van der Waals surface area contributed by atoms with E-state index in [1.54, 1.807) is 0 Å². The average Bonchev–Trinajstić information content (AvgIpc) is 3.96. The Labute approximate surface area is 497 Å². The van der Waals surface area contributed by atoms with E-state index in [2.05, 4.69) is 216 Å². The van der Waals surface area contributed by atoms with E-state index in [0.717, 1.165) is 72.2 Å². The number of nitrogens with zero attached hydrogens (tertiary/aromatic N) is 5. The molecule has 0 aliphatic rings. The Morgan fingerprint density at radius 1 is 0.434 bits per heavy atom. The molecule has 14 rings (SSSR count). The summed E-state index contributed by atoms with van der Waals surface area (Å²) < 4.78 is 25.5. The second kappa shape index (κ2) is 21.2. The molecule has 14 aromatic rings. The molecule has 0 atom stereocenters. The summed E-state index contributed by atoms with van der Waals surface area (Å²) >= 11 is 0. The number of benzene rings is 9. The first-order chi connectivity index (χ1) is 39.9. The SMILES string of the molecule is Cc1ccc2oc3ccc4oc5c(-c6nc7ccccc7n6-c6c(C(C)C)cc(-c7ccccc7)cc6C(C)C)[c-]c(Oc6[c-]c(-c7nc8ccccc8n7-c7c(C(C)C)cc(-c8ccccc8)cc7C(C)C)ccc6)cc5c4c3c2n1.[Pt+2]. The van der Waals surface area contributed by atoms with Gasteiger partial charge < -0.3 is 22.7 Å². The maximum atomic E-state index is 7.18. The Morgan fingerprint density at radius 2 is 0.928 bits per heavy atom. The van der Waals surface area contributed by atoms with Crippen molar-refractivity contribution in [2.45, 2.75) is 86.0 Å². The summed E-state index contributed by atoms with van der Waals surface area (Å²) in [6, 6.07) is 71.2. The second-order valence-corrected chi connectivity index (χ2v) is 23.0. The van der Waals surface area contributed by atoms with Gasteiger partial charge in [-0.2, -0.15) is 0 Å². The summed E-state index contributed by atoms with van der Waals surface area (Å²) in [5.74, 6) is 3.16. The molecule has 0 radical (unpaired) electrons. The monoisotopic (exact) mass is 1260 g/mol. The van der Waals surface area contributed by atoms with E-state index in [0.29, 0.717) is 45.2 Å². The molecule has 8 nitrogen and oxygen atoms in total. The number of aryl methyl sites for hydroxylation is 1. The molecule has 0 unspecified atom stereocenters. The second-order valence-electron chi connectivity index (χ2n) is 23.0.